The Bertz CT molecular complexity index is 221. The normalized spacial score (nSPS) is 13.7. The van der Waals surface area contributed by atoms with Gasteiger partial charge in [0.2, 0.25) is 0 Å². The molecule has 0 aliphatic carbocycles. The summed E-state index contributed by atoms with van der Waals surface area (Å²) < 4.78 is 0. The first-order valence-corrected chi connectivity index (χ1v) is 4.10. The second kappa shape index (κ2) is 5.98. The van der Waals surface area contributed by atoms with Gasteiger partial charge in [0.05, 0.1) is 11.1 Å². The lowest BCUT2D eigenvalue weighted by Gasteiger charge is -1.99. The standard InChI is InChI=1S/C8H10Cl2N2/c1-3-6(2)12-8(10)4-7(9)5-11/h3,5,7,11H,1-2,4H2/b11-5?,12-8+. The molecule has 0 heterocycles. The molecule has 0 rings (SSSR count). The predicted molar refractivity (Wildman–Crippen MR) is 55.7 cm³/mol. The number of rotatable bonds is 5. The highest BCUT2D eigenvalue weighted by atomic mass is 35.5. The molecule has 66 valence electrons. The van der Waals surface area contributed by atoms with Crippen LogP contribution in [-0.2, 0) is 0 Å². The highest BCUT2D eigenvalue weighted by Crippen LogP contribution is 2.06. The van der Waals surface area contributed by atoms with Crippen LogP contribution in [-0.4, -0.2) is 16.8 Å². The fraction of sp³-hybridized carbons (Fsp3) is 0.250. The third-order valence-electron chi connectivity index (χ3n) is 1.04. The molecule has 0 aromatic rings. The van der Waals surface area contributed by atoms with Crippen LogP contribution in [0.3, 0.4) is 0 Å². The number of alkyl halides is 1. The van der Waals surface area contributed by atoms with Crippen LogP contribution in [0.4, 0.5) is 0 Å². The van der Waals surface area contributed by atoms with Crippen molar-refractivity contribution in [3.63, 3.8) is 0 Å². The van der Waals surface area contributed by atoms with Crippen LogP contribution in [0.2, 0.25) is 0 Å². The Morgan fingerprint density at radius 3 is 2.67 bits per heavy atom. The van der Waals surface area contributed by atoms with E-state index in [1.807, 2.05) is 0 Å². The molecule has 0 spiro atoms. The van der Waals surface area contributed by atoms with Crippen molar-refractivity contribution in [1.29, 1.82) is 5.41 Å². The quantitative estimate of drug-likeness (QED) is 0.407. The third kappa shape index (κ3) is 5.10. The highest BCUT2D eigenvalue weighted by molar-refractivity contribution is 6.66. The molecular weight excluding hydrogens is 195 g/mol. The molecule has 1 unspecified atom stereocenters. The zero-order chi connectivity index (χ0) is 9.56. The maximum absolute atomic E-state index is 6.82. The van der Waals surface area contributed by atoms with Crippen molar-refractivity contribution < 1.29 is 0 Å². The Labute approximate surface area is 82.1 Å². The Hall–Kier alpha value is -0.600. The highest BCUT2D eigenvalue weighted by Gasteiger charge is 2.03. The summed E-state index contributed by atoms with van der Waals surface area (Å²) in [4.78, 5) is 3.87. The first kappa shape index (κ1) is 11.4. The van der Waals surface area contributed by atoms with Gasteiger partial charge in [0.25, 0.3) is 0 Å². The van der Waals surface area contributed by atoms with Gasteiger partial charge >= 0.3 is 0 Å². The molecule has 0 aliphatic heterocycles. The summed E-state index contributed by atoms with van der Waals surface area (Å²) in [5, 5.41) is 6.75. The van der Waals surface area contributed by atoms with Crippen LogP contribution in [0.5, 0.6) is 0 Å². The van der Waals surface area contributed by atoms with Crippen molar-refractivity contribution in [2.45, 2.75) is 11.8 Å². The number of aliphatic imine (C=N–C) groups is 1. The van der Waals surface area contributed by atoms with E-state index in [9.17, 15) is 0 Å². The van der Waals surface area contributed by atoms with Gasteiger partial charge < -0.3 is 5.41 Å². The van der Waals surface area contributed by atoms with Gasteiger partial charge in [-0.1, -0.05) is 24.8 Å². The van der Waals surface area contributed by atoms with E-state index < -0.39 is 5.38 Å². The summed E-state index contributed by atoms with van der Waals surface area (Å²) >= 11 is 11.3. The van der Waals surface area contributed by atoms with Crippen molar-refractivity contribution in [2.24, 2.45) is 4.99 Å². The van der Waals surface area contributed by atoms with E-state index in [-0.39, 0.29) is 0 Å². The zero-order valence-electron chi connectivity index (χ0n) is 6.56. The molecule has 0 saturated heterocycles. The fourth-order valence-electron chi connectivity index (χ4n) is 0.467. The van der Waals surface area contributed by atoms with Gasteiger partial charge in [0.1, 0.15) is 5.17 Å². The number of allylic oxidation sites excluding steroid dienone is 1. The maximum atomic E-state index is 6.82. The van der Waals surface area contributed by atoms with Crippen molar-refractivity contribution in [1.82, 2.24) is 0 Å². The van der Waals surface area contributed by atoms with E-state index in [1.54, 1.807) is 0 Å². The minimum Gasteiger partial charge on any atom is -0.312 e. The van der Waals surface area contributed by atoms with Crippen LogP contribution in [0.1, 0.15) is 6.42 Å². The van der Waals surface area contributed by atoms with E-state index >= 15 is 0 Å². The van der Waals surface area contributed by atoms with Crippen molar-refractivity contribution in [2.75, 3.05) is 0 Å². The lowest BCUT2D eigenvalue weighted by Crippen LogP contribution is -2.03. The summed E-state index contributed by atoms with van der Waals surface area (Å²) in [5.74, 6) is 0. The SMILES string of the molecule is C=CC(=C)/N=C(/Cl)CC(Cl)C=N. The largest absolute Gasteiger partial charge is 0.312 e. The summed E-state index contributed by atoms with van der Waals surface area (Å²) in [6.07, 6.45) is 2.95. The van der Waals surface area contributed by atoms with Crippen LogP contribution in [0.15, 0.2) is 29.9 Å². The summed E-state index contributed by atoms with van der Waals surface area (Å²) in [5.41, 5.74) is 0.494. The minimum atomic E-state index is -0.404. The number of nitrogens with zero attached hydrogens (tertiary/aromatic N) is 1. The summed E-state index contributed by atoms with van der Waals surface area (Å²) in [7, 11) is 0. The first-order chi connectivity index (χ1) is 5.60. The van der Waals surface area contributed by atoms with Gasteiger partial charge in [0.15, 0.2) is 0 Å². The zero-order valence-corrected chi connectivity index (χ0v) is 8.07. The molecule has 0 aromatic carbocycles. The average molecular weight is 205 g/mol. The predicted octanol–water partition coefficient (Wildman–Crippen LogP) is 2.97. The number of halogens is 2. The van der Waals surface area contributed by atoms with Gasteiger partial charge in [0, 0.05) is 12.6 Å². The average Bonchev–Trinajstić information content (AvgIpc) is 2.03. The molecular formula is C8H10Cl2N2. The number of hydrogen-bond donors (Lipinski definition) is 1. The second-order valence-electron chi connectivity index (χ2n) is 2.07. The smallest absolute Gasteiger partial charge is 0.108 e. The van der Waals surface area contributed by atoms with Crippen LogP contribution < -0.4 is 0 Å². The second-order valence-corrected chi connectivity index (χ2v) is 3.07. The number of nitrogens with one attached hydrogen (secondary N) is 1. The fourth-order valence-corrected chi connectivity index (χ4v) is 0.967. The van der Waals surface area contributed by atoms with E-state index in [1.165, 1.54) is 6.08 Å². The van der Waals surface area contributed by atoms with Crippen molar-refractivity contribution in [3.05, 3.63) is 24.9 Å². The van der Waals surface area contributed by atoms with Crippen LogP contribution in [0, 0.1) is 5.41 Å². The Balaban J connectivity index is 4.10. The summed E-state index contributed by atoms with van der Waals surface area (Å²) in [6.45, 7) is 7.03. The third-order valence-corrected chi connectivity index (χ3v) is 1.56. The van der Waals surface area contributed by atoms with Gasteiger partial charge in [-0.15, -0.1) is 11.6 Å². The summed E-state index contributed by atoms with van der Waals surface area (Å²) in [6, 6.07) is 0. The molecule has 0 amide bonds. The van der Waals surface area contributed by atoms with Crippen LogP contribution in [0.25, 0.3) is 0 Å². The minimum absolute atomic E-state index is 0.336. The maximum Gasteiger partial charge on any atom is 0.108 e. The Kier molecular flexibility index (Phi) is 5.68. The number of hydrogen-bond acceptors (Lipinski definition) is 2. The molecule has 0 aliphatic rings. The Morgan fingerprint density at radius 2 is 2.25 bits per heavy atom. The lowest BCUT2D eigenvalue weighted by molar-refractivity contribution is 1.17. The van der Waals surface area contributed by atoms with Gasteiger partial charge in [-0.05, 0) is 6.08 Å². The van der Waals surface area contributed by atoms with Gasteiger partial charge in [-0.2, -0.15) is 0 Å². The van der Waals surface area contributed by atoms with E-state index in [4.69, 9.17) is 28.6 Å². The molecule has 0 radical (unpaired) electrons. The molecule has 0 aromatic heterocycles. The molecule has 1 atom stereocenters. The van der Waals surface area contributed by atoms with Crippen molar-refractivity contribution in [3.8, 4) is 0 Å². The van der Waals surface area contributed by atoms with E-state index in [0.717, 1.165) is 6.21 Å². The molecule has 2 nitrogen and oxygen atoms in total. The molecule has 0 bridgehead atoms. The van der Waals surface area contributed by atoms with Gasteiger partial charge in [-0.3, -0.25) is 0 Å². The molecule has 1 N–H and O–H groups in total. The monoisotopic (exact) mass is 204 g/mol. The topological polar surface area (TPSA) is 36.2 Å². The van der Waals surface area contributed by atoms with Gasteiger partial charge in [-0.25, -0.2) is 4.99 Å². The molecule has 12 heavy (non-hydrogen) atoms. The first-order valence-electron chi connectivity index (χ1n) is 3.29. The van der Waals surface area contributed by atoms with Crippen LogP contribution >= 0.6 is 23.2 Å². The van der Waals surface area contributed by atoms with E-state index in [0.29, 0.717) is 17.3 Å². The molecule has 4 heteroatoms. The van der Waals surface area contributed by atoms with E-state index in [2.05, 4.69) is 18.2 Å². The molecule has 0 fully saturated rings. The lowest BCUT2D eigenvalue weighted by atomic mass is 10.3. The Morgan fingerprint density at radius 1 is 1.67 bits per heavy atom. The molecule has 0 saturated carbocycles. The van der Waals surface area contributed by atoms with Crippen molar-refractivity contribution >= 4 is 34.6 Å².